The molecule has 16 heavy (non-hydrogen) atoms. The first kappa shape index (κ1) is 14.1. The standard InChI is InChI=1S/C16H32/c1-13(2)14(3)11-12-15(4)16-9-7-5-6-8-10-16/h13-16H,5-12H2,1-4H3. The number of rotatable bonds is 5. The molecule has 0 nitrogen and oxygen atoms in total. The van der Waals surface area contributed by atoms with Crippen molar-refractivity contribution in [3.63, 3.8) is 0 Å². The highest BCUT2D eigenvalue weighted by Gasteiger charge is 2.19. The van der Waals surface area contributed by atoms with Crippen molar-refractivity contribution < 1.29 is 0 Å². The van der Waals surface area contributed by atoms with Crippen molar-refractivity contribution in [1.29, 1.82) is 0 Å². The Kier molecular flexibility index (Phi) is 6.46. The maximum Gasteiger partial charge on any atom is -0.0388 e. The van der Waals surface area contributed by atoms with Gasteiger partial charge in [0.15, 0.2) is 0 Å². The van der Waals surface area contributed by atoms with E-state index in [0.717, 1.165) is 23.7 Å². The Morgan fingerprint density at radius 2 is 1.38 bits per heavy atom. The van der Waals surface area contributed by atoms with Gasteiger partial charge in [0.25, 0.3) is 0 Å². The summed E-state index contributed by atoms with van der Waals surface area (Å²) in [5, 5.41) is 0. The maximum absolute atomic E-state index is 2.50. The molecule has 0 aromatic heterocycles. The normalized spacial score (nSPS) is 23.1. The van der Waals surface area contributed by atoms with E-state index >= 15 is 0 Å². The van der Waals surface area contributed by atoms with Crippen LogP contribution in [0.5, 0.6) is 0 Å². The van der Waals surface area contributed by atoms with Crippen molar-refractivity contribution in [2.24, 2.45) is 23.7 Å². The van der Waals surface area contributed by atoms with Crippen LogP contribution < -0.4 is 0 Å². The Labute approximate surface area is 103 Å². The van der Waals surface area contributed by atoms with Crippen LogP contribution in [0.4, 0.5) is 0 Å². The first-order valence-electron chi connectivity index (χ1n) is 7.61. The molecule has 0 bridgehead atoms. The summed E-state index contributed by atoms with van der Waals surface area (Å²) in [6.45, 7) is 9.65. The van der Waals surface area contributed by atoms with Crippen molar-refractivity contribution in [2.45, 2.75) is 79.1 Å². The molecular weight excluding hydrogens is 192 g/mol. The predicted octanol–water partition coefficient (Wildman–Crippen LogP) is 5.67. The van der Waals surface area contributed by atoms with Crippen LogP contribution in [0.25, 0.3) is 0 Å². The molecule has 1 rings (SSSR count). The zero-order valence-electron chi connectivity index (χ0n) is 12.0. The minimum Gasteiger partial charge on any atom is -0.0625 e. The fraction of sp³-hybridized carbons (Fsp3) is 1.00. The van der Waals surface area contributed by atoms with Gasteiger partial charge in [-0.25, -0.2) is 0 Å². The van der Waals surface area contributed by atoms with Crippen LogP contribution in [0.1, 0.15) is 79.1 Å². The summed E-state index contributed by atoms with van der Waals surface area (Å²) in [5.74, 6) is 3.79. The molecule has 0 heterocycles. The molecule has 1 saturated carbocycles. The molecule has 96 valence electrons. The lowest BCUT2D eigenvalue weighted by Crippen LogP contribution is -2.13. The summed E-state index contributed by atoms with van der Waals surface area (Å²) >= 11 is 0. The molecule has 0 aliphatic heterocycles. The van der Waals surface area contributed by atoms with Crippen molar-refractivity contribution in [3.05, 3.63) is 0 Å². The second-order valence-corrected chi connectivity index (χ2v) is 6.53. The average molecular weight is 224 g/mol. The molecule has 2 unspecified atom stereocenters. The largest absolute Gasteiger partial charge is 0.0625 e. The van der Waals surface area contributed by atoms with Gasteiger partial charge < -0.3 is 0 Å². The third kappa shape index (κ3) is 4.89. The van der Waals surface area contributed by atoms with Gasteiger partial charge in [-0.2, -0.15) is 0 Å². The summed E-state index contributed by atoms with van der Waals surface area (Å²) in [7, 11) is 0. The van der Waals surface area contributed by atoms with Crippen molar-refractivity contribution >= 4 is 0 Å². The molecule has 0 aromatic rings. The average Bonchev–Trinajstić information content (AvgIpc) is 2.53. The molecule has 1 aliphatic rings. The SMILES string of the molecule is CC(C)C(C)CCC(C)C1CCCCCC1. The van der Waals surface area contributed by atoms with Crippen LogP contribution in [0.2, 0.25) is 0 Å². The minimum atomic E-state index is 0.862. The number of hydrogen-bond donors (Lipinski definition) is 0. The lowest BCUT2D eigenvalue weighted by Gasteiger charge is -2.24. The summed E-state index contributed by atoms with van der Waals surface area (Å²) in [6, 6.07) is 0. The van der Waals surface area contributed by atoms with Crippen LogP contribution in [-0.2, 0) is 0 Å². The van der Waals surface area contributed by atoms with Gasteiger partial charge in [0, 0.05) is 0 Å². The van der Waals surface area contributed by atoms with Gasteiger partial charge in [-0.05, 0) is 23.7 Å². The summed E-state index contributed by atoms with van der Waals surface area (Å²) in [6.07, 6.45) is 11.9. The number of hydrogen-bond acceptors (Lipinski definition) is 0. The third-order valence-electron chi connectivity index (χ3n) is 4.92. The van der Waals surface area contributed by atoms with E-state index in [1.54, 1.807) is 0 Å². The first-order chi connectivity index (χ1) is 7.61. The van der Waals surface area contributed by atoms with E-state index < -0.39 is 0 Å². The minimum absolute atomic E-state index is 0.862. The molecule has 2 atom stereocenters. The highest BCUT2D eigenvalue weighted by atomic mass is 14.3. The van der Waals surface area contributed by atoms with E-state index in [-0.39, 0.29) is 0 Å². The molecule has 0 saturated heterocycles. The van der Waals surface area contributed by atoms with Crippen molar-refractivity contribution in [3.8, 4) is 0 Å². The van der Waals surface area contributed by atoms with Crippen LogP contribution >= 0.6 is 0 Å². The van der Waals surface area contributed by atoms with Crippen LogP contribution in [0.3, 0.4) is 0 Å². The zero-order chi connectivity index (χ0) is 12.0. The topological polar surface area (TPSA) is 0 Å². The van der Waals surface area contributed by atoms with Crippen LogP contribution in [-0.4, -0.2) is 0 Å². The Balaban J connectivity index is 2.24. The van der Waals surface area contributed by atoms with Gasteiger partial charge in [-0.3, -0.25) is 0 Å². The van der Waals surface area contributed by atoms with Gasteiger partial charge >= 0.3 is 0 Å². The lowest BCUT2D eigenvalue weighted by molar-refractivity contribution is 0.267. The van der Waals surface area contributed by atoms with Gasteiger partial charge in [-0.15, -0.1) is 0 Å². The van der Waals surface area contributed by atoms with Gasteiger partial charge in [0.05, 0.1) is 0 Å². The summed E-state index contributed by atoms with van der Waals surface area (Å²) < 4.78 is 0. The molecule has 0 heteroatoms. The van der Waals surface area contributed by atoms with E-state index in [9.17, 15) is 0 Å². The van der Waals surface area contributed by atoms with Gasteiger partial charge in [0.1, 0.15) is 0 Å². The fourth-order valence-electron chi connectivity index (χ4n) is 2.97. The molecule has 0 spiro atoms. The monoisotopic (exact) mass is 224 g/mol. The molecule has 0 radical (unpaired) electrons. The maximum atomic E-state index is 2.50. The first-order valence-corrected chi connectivity index (χ1v) is 7.61. The Bertz CT molecular complexity index is 163. The lowest BCUT2D eigenvalue weighted by atomic mass is 9.81. The quantitative estimate of drug-likeness (QED) is 0.528. The fourth-order valence-corrected chi connectivity index (χ4v) is 2.97. The smallest absolute Gasteiger partial charge is 0.0388 e. The highest BCUT2D eigenvalue weighted by molar-refractivity contribution is 4.71. The van der Waals surface area contributed by atoms with Crippen LogP contribution in [0, 0.1) is 23.7 Å². The zero-order valence-corrected chi connectivity index (χ0v) is 12.0. The van der Waals surface area contributed by atoms with E-state index in [0.29, 0.717) is 0 Å². The third-order valence-corrected chi connectivity index (χ3v) is 4.92. The molecule has 0 aromatic carbocycles. The van der Waals surface area contributed by atoms with E-state index in [2.05, 4.69) is 27.7 Å². The summed E-state index contributed by atoms with van der Waals surface area (Å²) in [4.78, 5) is 0. The summed E-state index contributed by atoms with van der Waals surface area (Å²) in [5.41, 5.74) is 0. The van der Waals surface area contributed by atoms with Crippen molar-refractivity contribution in [1.82, 2.24) is 0 Å². The second kappa shape index (κ2) is 7.35. The predicted molar refractivity (Wildman–Crippen MR) is 73.6 cm³/mol. The van der Waals surface area contributed by atoms with E-state index in [1.807, 2.05) is 0 Å². The highest BCUT2D eigenvalue weighted by Crippen LogP contribution is 2.32. The molecule has 0 amide bonds. The van der Waals surface area contributed by atoms with E-state index in [4.69, 9.17) is 0 Å². The molecule has 1 aliphatic carbocycles. The van der Waals surface area contributed by atoms with Gasteiger partial charge in [-0.1, -0.05) is 79.1 Å². The van der Waals surface area contributed by atoms with Crippen molar-refractivity contribution in [2.75, 3.05) is 0 Å². The Morgan fingerprint density at radius 1 is 0.812 bits per heavy atom. The molecular formula is C16H32. The van der Waals surface area contributed by atoms with Crippen LogP contribution in [0.15, 0.2) is 0 Å². The van der Waals surface area contributed by atoms with Gasteiger partial charge in [0.2, 0.25) is 0 Å². The molecule has 1 fully saturated rings. The second-order valence-electron chi connectivity index (χ2n) is 6.53. The Hall–Kier alpha value is 0. The van der Waals surface area contributed by atoms with E-state index in [1.165, 1.54) is 51.4 Å². The molecule has 0 N–H and O–H groups in total. The Morgan fingerprint density at radius 3 is 1.88 bits per heavy atom.